The Hall–Kier alpha value is -0.820. The fourth-order valence-electron chi connectivity index (χ4n) is 1.35. The van der Waals surface area contributed by atoms with Gasteiger partial charge < -0.3 is 5.32 Å². The number of aryl methyl sites for hydroxylation is 1. The van der Waals surface area contributed by atoms with Crippen molar-refractivity contribution in [2.45, 2.75) is 31.7 Å². The summed E-state index contributed by atoms with van der Waals surface area (Å²) in [6.45, 7) is 4.97. The lowest BCUT2D eigenvalue weighted by molar-refractivity contribution is 0.603. The van der Waals surface area contributed by atoms with E-state index in [9.17, 15) is 8.42 Å². The summed E-state index contributed by atoms with van der Waals surface area (Å²) in [7, 11) is -2.91. The minimum Gasteiger partial charge on any atom is -0.370 e. The summed E-state index contributed by atoms with van der Waals surface area (Å²) >= 11 is 1.45. The molecule has 0 saturated heterocycles. The van der Waals surface area contributed by atoms with Crippen LogP contribution in [0.25, 0.3) is 0 Å². The second-order valence-corrected chi connectivity index (χ2v) is 7.64. The number of thioether (sulfide) groups is 1. The number of sulfone groups is 1. The predicted octanol–water partition coefficient (Wildman–Crippen LogP) is 2.00. The van der Waals surface area contributed by atoms with Gasteiger partial charge in [-0.05, 0) is 6.42 Å². The van der Waals surface area contributed by atoms with Gasteiger partial charge in [-0.2, -0.15) is 0 Å². The highest BCUT2D eigenvalue weighted by Gasteiger charge is 2.06. The van der Waals surface area contributed by atoms with Gasteiger partial charge in [0, 0.05) is 31.0 Å². The first-order valence-corrected chi connectivity index (χ1v) is 9.41. The van der Waals surface area contributed by atoms with Crippen LogP contribution in [0.5, 0.6) is 0 Å². The highest BCUT2D eigenvalue weighted by atomic mass is 32.2. The third-order valence-electron chi connectivity index (χ3n) is 2.33. The van der Waals surface area contributed by atoms with Crippen molar-refractivity contribution < 1.29 is 8.42 Å². The van der Waals surface area contributed by atoms with Gasteiger partial charge in [-0.1, -0.05) is 13.8 Å². The van der Waals surface area contributed by atoms with Crippen molar-refractivity contribution in [1.82, 2.24) is 9.97 Å². The van der Waals surface area contributed by atoms with Gasteiger partial charge in [-0.25, -0.2) is 18.4 Å². The van der Waals surface area contributed by atoms with Crippen LogP contribution in [0.2, 0.25) is 0 Å². The number of hydrogen-bond acceptors (Lipinski definition) is 6. The molecular weight excluding hydrogens is 282 g/mol. The average molecular weight is 303 g/mol. The van der Waals surface area contributed by atoms with E-state index in [0.717, 1.165) is 36.1 Å². The van der Waals surface area contributed by atoms with Crippen LogP contribution >= 0.6 is 11.8 Å². The van der Waals surface area contributed by atoms with E-state index < -0.39 is 9.84 Å². The van der Waals surface area contributed by atoms with Crippen LogP contribution in [-0.4, -0.2) is 42.7 Å². The Morgan fingerprint density at radius 2 is 2.05 bits per heavy atom. The first kappa shape index (κ1) is 16.2. The van der Waals surface area contributed by atoms with E-state index in [1.807, 2.05) is 13.0 Å². The predicted molar refractivity (Wildman–Crippen MR) is 80.6 cm³/mol. The summed E-state index contributed by atoms with van der Waals surface area (Å²) in [4.78, 5) is 8.79. The summed E-state index contributed by atoms with van der Waals surface area (Å²) in [6.07, 6.45) is 3.04. The van der Waals surface area contributed by atoms with Crippen LogP contribution in [0.4, 0.5) is 5.82 Å². The molecule has 0 fully saturated rings. The Bertz CT molecular complexity index is 504. The molecule has 0 aliphatic heterocycles. The molecule has 0 saturated carbocycles. The molecule has 0 amide bonds. The largest absolute Gasteiger partial charge is 0.370 e. The highest BCUT2D eigenvalue weighted by molar-refractivity contribution is 8.00. The molecule has 1 rings (SSSR count). The minimum atomic E-state index is -2.91. The maximum absolute atomic E-state index is 11.1. The molecule has 0 aromatic carbocycles. The zero-order valence-electron chi connectivity index (χ0n) is 11.6. The maximum atomic E-state index is 11.1. The first-order valence-electron chi connectivity index (χ1n) is 6.37. The van der Waals surface area contributed by atoms with Crippen LogP contribution < -0.4 is 5.32 Å². The normalized spacial score (nSPS) is 11.5. The molecule has 1 heterocycles. The Kier molecular flexibility index (Phi) is 6.57. The van der Waals surface area contributed by atoms with Crippen molar-refractivity contribution >= 4 is 27.4 Å². The number of nitrogens with one attached hydrogen (secondary N) is 1. The van der Waals surface area contributed by atoms with Gasteiger partial charge in [-0.3, -0.25) is 0 Å². The molecule has 1 aromatic rings. The topological polar surface area (TPSA) is 72.0 Å². The Morgan fingerprint density at radius 1 is 1.32 bits per heavy atom. The molecule has 0 bridgehead atoms. The fourth-order valence-corrected chi connectivity index (χ4v) is 3.46. The number of anilines is 1. The smallest absolute Gasteiger partial charge is 0.148 e. The first-order chi connectivity index (χ1) is 8.94. The summed E-state index contributed by atoms with van der Waals surface area (Å²) in [6, 6.07) is 1.88. The number of aromatic nitrogens is 2. The summed E-state index contributed by atoms with van der Waals surface area (Å²) in [5.74, 6) is 2.28. The van der Waals surface area contributed by atoms with Crippen LogP contribution in [-0.2, 0) is 16.3 Å². The molecule has 0 unspecified atom stereocenters. The SMILES string of the molecule is CCCNc1cc(SCCS(C)(=O)=O)nc(CC)n1. The molecule has 0 atom stereocenters. The minimum absolute atomic E-state index is 0.168. The number of nitrogens with zero attached hydrogens (tertiary/aromatic N) is 2. The van der Waals surface area contributed by atoms with Gasteiger partial charge in [0.1, 0.15) is 26.5 Å². The van der Waals surface area contributed by atoms with E-state index in [2.05, 4.69) is 22.2 Å². The van der Waals surface area contributed by atoms with Crippen molar-refractivity contribution in [2.75, 3.05) is 29.6 Å². The summed E-state index contributed by atoms with van der Waals surface area (Å²) < 4.78 is 22.2. The average Bonchev–Trinajstić information content (AvgIpc) is 2.34. The summed E-state index contributed by atoms with van der Waals surface area (Å²) in [5.41, 5.74) is 0. The molecule has 0 radical (unpaired) electrons. The molecule has 0 aliphatic carbocycles. The van der Waals surface area contributed by atoms with E-state index in [0.29, 0.717) is 5.75 Å². The molecule has 1 N–H and O–H groups in total. The molecule has 108 valence electrons. The van der Waals surface area contributed by atoms with Crippen molar-refractivity contribution in [3.05, 3.63) is 11.9 Å². The van der Waals surface area contributed by atoms with Gasteiger partial charge >= 0.3 is 0 Å². The van der Waals surface area contributed by atoms with Crippen molar-refractivity contribution in [2.24, 2.45) is 0 Å². The van der Waals surface area contributed by atoms with Crippen LogP contribution in [0, 0.1) is 0 Å². The molecule has 5 nitrogen and oxygen atoms in total. The Balaban J connectivity index is 2.70. The van der Waals surface area contributed by atoms with Gasteiger partial charge in [-0.15, -0.1) is 11.8 Å². The van der Waals surface area contributed by atoms with E-state index in [1.165, 1.54) is 18.0 Å². The quantitative estimate of drug-likeness (QED) is 0.585. The van der Waals surface area contributed by atoms with E-state index in [1.54, 1.807) is 0 Å². The number of rotatable bonds is 8. The van der Waals surface area contributed by atoms with Crippen molar-refractivity contribution in [3.63, 3.8) is 0 Å². The standard InChI is InChI=1S/C12H21N3O2S2/c1-4-6-13-11-9-12(15-10(5-2)14-11)18-7-8-19(3,16)17/h9H,4-8H2,1-3H3,(H,13,14,15). The molecule has 19 heavy (non-hydrogen) atoms. The molecule has 1 aromatic heterocycles. The van der Waals surface area contributed by atoms with E-state index in [-0.39, 0.29) is 5.75 Å². The van der Waals surface area contributed by atoms with Gasteiger partial charge in [0.15, 0.2) is 0 Å². The third kappa shape index (κ3) is 6.77. The van der Waals surface area contributed by atoms with E-state index >= 15 is 0 Å². The zero-order valence-corrected chi connectivity index (χ0v) is 13.3. The monoisotopic (exact) mass is 303 g/mol. The molecule has 0 aliphatic rings. The fraction of sp³-hybridized carbons (Fsp3) is 0.667. The van der Waals surface area contributed by atoms with Crippen LogP contribution in [0.15, 0.2) is 11.1 Å². The van der Waals surface area contributed by atoms with Crippen molar-refractivity contribution in [1.29, 1.82) is 0 Å². The summed E-state index contributed by atoms with van der Waals surface area (Å²) in [5, 5.41) is 4.06. The third-order valence-corrected chi connectivity index (χ3v) is 4.44. The second-order valence-electron chi connectivity index (χ2n) is 4.27. The highest BCUT2D eigenvalue weighted by Crippen LogP contribution is 2.19. The Morgan fingerprint density at radius 3 is 2.63 bits per heavy atom. The maximum Gasteiger partial charge on any atom is 0.148 e. The second kappa shape index (κ2) is 7.69. The van der Waals surface area contributed by atoms with Crippen LogP contribution in [0.3, 0.4) is 0 Å². The molecular formula is C12H21N3O2S2. The van der Waals surface area contributed by atoms with E-state index in [4.69, 9.17) is 0 Å². The molecule has 7 heteroatoms. The number of hydrogen-bond donors (Lipinski definition) is 1. The van der Waals surface area contributed by atoms with Gasteiger partial charge in [0.2, 0.25) is 0 Å². The zero-order chi connectivity index (χ0) is 14.3. The van der Waals surface area contributed by atoms with Crippen molar-refractivity contribution in [3.8, 4) is 0 Å². The lowest BCUT2D eigenvalue weighted by Crippen LogP contribution is -2.07. The van der Waals surface area contributed by atoms with Gasteiger partial charge in [0.25, 0.3) is 0 Å². The van der Waals surface area contributed by atoms with Gasteiger partial charge in [0.05, 0.1) is 5.75 Å². The lowest BCUT2D eigenvalue weighted by atomic mass is 10.4. The molecule has 0 spiro atoms. The van der Waals surface area contributed by atoms with Crippen LogP contribution in [0.1, 0.15) is 26.1 Å². The Labute approximate surface area is 119 Å². The lowest BCUT2D eigenvalue weighted by Gasteiger charge is -2.08.